The molecule has 0 spiro atoms. The average molecular weight is 211 g/mol. The number of anilines is 1. The summed E-state index contributed by atoms with van der Waals surface area (Å²) in [5.74, 6) is 1.89. The first kappa shape index (κ1) is 11.3. The third-order valence-electron chi connectivity index (χ3n) is 2.00. The van der Waals surface area contributed by atoms with Crippen LogP contribution in [0.4, 0.5) is 5.82 Å². The van der Waals surface area contributed by atoms with E-state index >= 15 is 0 Å². The lowest BCUT2D eigenvalue weighted by Crippen LogP contribution is -2.06. The molecule has 78 valence electrons. The fourth-order valence-electron chi connectivity index (χ4n) is 1.24. The van der Waals surface area contributed by atoms with E-state index in [0.717, 1.165) is 35.2 Å². The van der Waals surface area contributed by atoms with Crippen molar-refractivity contribution in [1.82, 2.24) is 9.97 Å². The zero-order valence-electron chi connectivity index (χ0n) is 9.22. The highest BCUT2D eigenvalue weighted by Gasteiger charge is 2.08. The Labute approximate surface area is 89.7 Å². The molecule has 1 aromatic rings. The van der Waals surface area contributed by atoms with E-state index < -0.39 is 0 Å². The first-order chi connectivity index (χ1) is 6.72. The Hall–Kier alpha value is -0.770. The summed E-state index contributed by atoms with van der Waals surface area (Å²) in [6.45, 7) is 7.11. The van der Waals surface area contributed by atoms with Gasteiger partial charge in [-0.15, -0.1) is 11.8 Å². The lowest BCUT2D eigenvalue weighted by Gasteiger charge is -2.10. The molecule has 1 N–H and O–H groups in total. The lowest BCUT2D eigenvalue weighted by molar-refractivity contribution is 0.871. The van der Waals surface area contributed by atoms with Gasteiger partial charge in [0.15, 0.2) is 0 Å². The Morgan fingerprint density at radius 2 is 2.00 bits per heavy atom. The van der Waals surface area contributed by atoms with E-state index in [1.807, 2.05) is 6.26 Å². The van der Waals surface area contributed by atoms with Crippen molar-refractivity contribution in [3.8, 4) is 0 Å². The Balaban J connectivity index is 3.12. The SMILES string of the molecule is CCNc1nc(CC)nc(SC)c1C. The second-order valence-corrected chi connectivity index (χ2v) is 3.80. The van der Waals surface area contributed by atoms with Crippen molar-refractivity contribution in [1.29, 1.82) is 0 Å². The fraction of sp³-hybridized carbons (Fsp3) is 0.600. The molecular weight excluding hydrogens is 194 g/mol. The molecule has 0 aliphatic rings. The number of hydrogen-bond donors (Lipinski definition) is 1. The standard InChI is InChI=1S/C10H17N3S/c1-5-8-12-9(11-6-2)7(3)10(13-8)14-4/h5-6H2,1-4H3,(H,11,12,13). The topological polar surface area (TPSA) is 37.8 Å². The minimum atomic E-state index is 0.881. The summed E-state index contributed by atoms with van der Waals surface area (Å²) in [4.78, 5) is 8.92. The van der Waals surface area contributed by atoms with Crippen molar-refractivity contribution in [2.45, 2.75) is 32.2 Å². The minimum Gasteiger partial charge on any atom is -0.370 e. The highest BCUT2D eigenvalue weighted by molar-refractivity contribution is 7.98. The van der Waals surface area contributed by atoms with Crippen LogP contribution in [0.3, 0.4) is 0 Å². The maximum absolute atomic E-state index is 4.46. The molecule has 0 amide bonds. The fourth-order valence-corrected chi connectivity index (χ4v) is 1.84. The molecular formula is C10H17N3S. The number of nitrogens with zero attached hydrogens (tertiary/aromatic N) is 2. The van der Waals surface area contributed by atoms with Gasteiger partial charge >= 0.3 is 0 Å². The number of hydrogen-bond acceptors (Lipinski definition) is 4. The molecule has 0 aromatic carbocycles. The largest absolute Gasteiger partial charge is 0.370 e. The Morgan fingerprint density at radius 1 is 1.29 bits per heavy atom. The summed E-state index contributed by atoms with van der Waals surface area (Å²) < 4.78 is 0. The van der Waals surface area contributed by atoms with Gasteiger partial charge in [0.25, 0.3) is 0 Å². The number of aryl methyl sites for hydroxylation is 1. The lowest BCUT2D eigenvalue weighted by atomic mass is 10.3. The zero-order chi connectivity index (χ0) is 10.6. The van der Waals surface area contributed by atoms with Crippen molar-refractivity contribution in [2.75, 3.05) is 18.1 Å². The number of rotatable bonds is 4. The Kier molecular flexibility index (Phi) is 4.20. The molecule has 0 bridgehead atoms. The summed E-state index contributed by atoms with van der Waals surface area (Å²) in [7, 11) is 0. The number of aromatic nitrogens is 2. The summed E-state index contributed by atoms with van der Waals surface area (Å²) in [6.07, 6.45) is 2.93. The molecule has 3 nitrogen and oxygen atoms in total. The summed E-state index contributed by atoms with van der Waals surface area (Å²) >= 11 is 1.67. The minimum absolute atomic E-state index is 0.881. The molecule has 1 heterocycles. The van der Waals surface area contributed by atoms with Gasteiger partial charge in [0.2, 0.25) is 0 Å². The molecule has 0 radical (unpaired) electrons. The molecule has 0 aliphatic carbocycles. The summed E-state index contributed by atoms with van der Waals surface area (Å²) in [5.41, 5.74) is 1.15. The molecule has 0 atom stereocenters. The molecule has 14 heavy (non-hydrogen) atoms. The van der Waals surface area contributed by atoms with Crippen LogP contribution in [0.5, 0.6) is 0 Å². The van der Waals surface area contributed by atoms with Crippen LogP contribution in [-0.2, 0) is 6.42 Å². The van der Waals surface area contributed by atoms with Crippen molar-refractivity contribution < 1.29 is 0 Å². The van der Waals surface area contributed by atoms with E-state index in [0.29, 0.717) is 0 Å². The highest BCUT2D eigenvalue weighted by Crippen LogP contribution is 2.22. The number of nitrogens with one attached hydrogen (secondary N) is 1. The van der Waals surface area contributed by atoms with Crippen molar-refractivity contribution >= 4 is 17.6 Å². The Morgan fingerprint density at radius 3 is 2.50 bits per heavy atom. The van der Waals surface area contributed by atoms with Gasteiger partial charge in [0.05, 0.1) is 0 Å². The monoisotopic (exact) mass is 211 g/mol. The predicted octanol–water partition coefficient (Wildman–Crippen LogP) is 2.50. The molecule has 0 aliphatic heterocycles. The zero-order valence-corrected chi connectivity index (χ0v) is 10.0. The molecule has 1 rings (SSSR count). The van der Waals surface area contributed by atoms with E-state index in [9.17, 15) is 0 Å². The first-order valence-electron chi connectivity index (χ1n) is 4.88. The van der Waals surface area contributed by atoms with Gasteiger partial charge in [-0.05, 0) is 20.1 Å². The van der Waals surface area contributed by atoms with Crippen LogP contribution < -0.4 is 5.32 Å². The van der Waals surface area contributed by atoms with Crippen LogP contribution in [0.25, 0.3) is 0 Å². The average Bonchev–Trinajstić information content (AvgIpc) is 2.21. The van der Waals surface area contributed by atoms with E-state index in [4.69, 9.17) is 0 Å². The highest BCUT2D eigenvalue weighted by atomic mass is 32.2. The molecule has 0 fully saturated rings. The van der Waals surface area contributed by atoms with Crippen molar-refractivity contribution in [2.24, 2.45) is 0 Å². The predicted molar refractivity (Wildman–Crippen MR) is 62.1 cm³/mol. The molecule has 1 aromatic heterocycles. The number of thioether (sulfide) groups is 1. The van der Waals surface area contributed by atoms with Crippen LogP contribution in [0.15, 0.2) is 5.03 Å². The summed E-state index contributed by atoms with van der Waals surface area (Å²) in [6, 6.07) is 0. The van der Waals surface area contributed by atoms with Crippen molar-refractivity contribution in [3.63, 3.8) is 0 Å². The van der Waals surface area contributed by atoms with Gasteiger partial charge in [0.1, 0.15) is 16.7 Å². The normalized spacial score (nSPS) is 10.3. The second kappa shape index (κ2) is 5.20. The maximum Gasteiger partial charge on any atom is 0.133 e. The van der Waals surface area contributed by atoms with Crippen LogP contribution in [0.1, 0.15) is 25.2 Å². The first-order valence-corrected chi connectivity index (χ1v) is 6.10. The van der Waals surface area contributed by atoms with E-state index in [1.54, 1.807) is 11.8 Å². The van der Waals surface area contributed by atoms with Crippen LogP contribution in [0.2, 0.25) is 0 Å². The van der Waals surface area contributed by atoms with Gasteiger partial charge in [-0.2, -0.15) is 0 Å². The second-order valence-electron chi connectivity index (χ2n) is 3.01. The van der Waals surface area contributed by atoms with E-state index in [2.05, 4.69) is 36.1 Å². The molecule has 4 heteroatoms. The van der Waals surface area contributed by atoms with Gasteiger partial charge in [0, 0.05) is 18.5 Å². The summed E-state index contributed by atoms with van der Waals surface area (Å²) in [5, 5.41) is 4.34. The molecule has 0 saturated heterocycles. The Bertz CT molecular complexity index is 312. The van der Waals surface area contributed by atoms with Gasteiger partial charge in [-0.25, -0.2) is 9.97 Å². The van der Waals surface area contributed by atoms with Gasteiger partial charge < -0.3 is 5.32 Å². The van der Waals surface area contributed by atoms with Crippen LogP contribution in [0, 0.1) is 6.92 Å². The third-order valence-corrected chi connectivity index (χ3v) is 2.79. The van der Waals surface area contributed by atoms with Gasteiger partial charge in [-0.3, -0.25) is 0 Å². The molecule has 0 unspecified atom stereocenters. The maximum atomic E-state index is 4.46. The third kappa shape index (κ3) is 2.38. The van der Waals surface area contributed by atoms with Gasteiger partial charge in [-0.1, -0.05) is 6.92 Å². The smallest absolute Gasteiger partial charge is 0.133 e. The van der Waals surface area contributed by atoms with E-state index in [1.165, 1.54) is 0 Å². The molecule has 0 saturated carbocycles. The van der Waals surface area contributed by atoms with Crippen LogP contribution >= 0.6 is 11.8 Å². The quantitative estimate of drug-likeness (QED) is 0.613. The van der Waals surface area contributed by atoms with E-state index in [-0.39, 0.29) is 0 Å². The van der Waals surface area contributed by atoms with Crippen molar-refractivity contribution in [3.05, 3.63) is 11.4 Å². The van der Waals surface area contributed by atoms with Crippen LogP contribution in [-0.4, -0.2) is 22.8 Å².